The Kier molecular flexibility index (Phi) is 10.6. The average molecular weight is 854 g/mol. The number of hydrogen-bond donors (Lipinski definition) is 6. The zero-order valence-corrected chi connectivity index (χ0v) is 37.2. The lowest BCUT2D eigenvalue weighted by atomic mass is 9.41. The first kappa shape index (κ1) is 42.7. The monoisotopic (exact) mass is 853 g/mol. The molecular weight excluding hydrogens is 787 g/mol. The third-order valence-corrected chi connectivity index (χ3v) is 21.2. The number of phenolic OH excluding ortho intramolecular Hbond substituents is 1. The predicted octanol–water partition coefficient (Wildman–Crippen LogP) is 6.22. The zero-order chi connectivity index (χ0) is 42.1. The summed E-state index contributed by atoms with van der Waals surface area (Å²) in [6, 6.07) is 5.42. The first-order chi connectivity index (χ1) is 27.9. The molecule has 5 aliphatic carbocycles. The fourth-order valence-corrected chi connectivity index (χ4v) is 18.1. The van der Waals surface area contributed by atoms with Crippen molar-refractivity contribution < 1.29 is 45.0 Å². The SMILES string of the molecule is CC(C)C(C)C1OC1C(C)(O)C1CCC2(O)C3=CC(=O)C45CSSCC6CCCC(CO)C67CCN(C7=O)c6cc(O)cc(c6)CCC12CCC3C4(C)CC(O)C(O)C5. The van der Waals surface area contributed by atoms with Crippen molar-refractivity contribution in [3.05, 3.63) is 35.4 Å². The Labute approximate surface area is 357 Å². The molecule has 6 N–H and O–H groups in total. The number of aromatic hydroxyl groups is 1. The number of aliphatic hydroxyl groups excluding tert-OH is 3. The maximum Gasteiger partial charge on any atom is 0.233 e. The number of rotatable bonds is 5. The number of anilines is 1. The lowest BCUT2D eigenvalue weighted by molar-refractivity contribution is -0.183. The number of carbonyl (C=O) groups is 2. The van der Waals surface area contributed by atoms with Crippen molar-refractivity contribution in [1.29, 1.82) is 0 Å². The number of carbonyl (C=O) groups excluding carboxylic acids is 2. The minimum atomic E-state index is -1.43. The Bertz CT molecular complexity index is 1890. The summed E-state index contributed by atoms with van der Waals surface area (Å²) in [5.74, 6) is 0.940. The van der Waals surface area contributed by atoms with Gasteiger partial charge in [-0.3, -0.25) is 9.59 Å². The first-order valence-electron chi connectivity index (χ1n) is 22.6. The van der Waals surface area contributed by atoms with Crippen molar-refractivity contribution in [1.82, 2.24) is 0 Å². The van der Waals surface area contributed by atoms with E-state index in [0.29, 0.717) is 74.6 Å². The van der Waals surface area contributed by atoms with Crippen LogP contribution in [0.15, 0.2) is 29.8 Å². The average Bonchev–Trinajstić information content (AvgIpc) is 3.85. The van der Waals surface area contributed by atoms with Crippen LogP contribution in [0.3, 0.4) is 0 Å². The standard InChI is InChI=1S/C47H67NO9S2/c1-26(2)27(3)39-40(57-39)43(5,55)37-11-14-47(56)34-20-38(53)45-22-36(52)35(51)21-42(45,4)33(34)10-13-44(37,47)12-9-28-17-31(19-32(50)18-28)48-16-15-46(41(48)54)29(23-49)7-6-8-30(46)24-58-59-25-45/h17-20,26-27,29-30,33,35-37,39-40,49-52,55-56H,6-16,21-25H2,1-5H3. The molecule has 12 heteroatoms. The molecule has 1 amide bonds. The van der Waals surface area contributed by atoms with Gasteiger partial charge in [-0.15, -0.1) is 0 Å². The van der Waals surface area contributed by atoms with Crippen molar-refractivity contribution in [2.24, 2.45) is 57.2 Å². The Morgan fingerprint density at radius 2 is 1.75 bits per heavy atom. The molecule has 0 radical (unpaired) electrons. The van der Waals surface area contributed by atoms with E-state index in [9.17, 15) is 35.4 Å². The van der Waals surface area contributed by atoms with E-state index in [1.807, 2.05) is 17.9 Å². The van der Waals surface area contributed by atoms with E-state index < -0.39 is 45.1 Å². The zero-order valence-electron chi connectivity index (χ0n) is 35.6. The number of amides is 1. The number of ether oxygens (including phenoxy) is 1. The molecule has 1 aromatic carbocycles. The highest BCUT2D eigenvalue weighted by Crippen LogP contribution is 2.73. The number of epoxide rings is 1. The highest BCUT2D eigenvalue weighted by atomic mass is 33.1. The number of allylic oxidation sites excluding steroid dienone is 1. The van der Waals surface area contributed by atoms with Gasteiger partial charge in [-0.2, -0.15) is 0 Å². The molecule has 6 fully saturated rings. The van der Waals surface area contributed by atoms with Crippen LogP contribution >= 0.6 is 21.6 Å². The van der Waals surface area contributed by atoms with E-state index in [2.05, 4.69) is 27.7 Å². The van der Waals surface area contributed by atoms with Crippen LogP contribution in [-0.4, -0.2) is 103 Å². The fourth-order valence-electron chi connectivity index (χ4n) is 14.9. The summed E-state index contributed by atoms with van der Waals surface area (Å²) in [5, 5.41) is 71.2. The summed E-state index contributed by atoms with van der Waals surface area (Å²) >= 11 is 0. The molecule has 10 nitrogen and oxygen atoms in total. The second-order valence-corrected chi connectivity index (χ2v) is 23.7. The topological polar surface area (TPSA) is 171 Å². The number of phenols is 1. The molecule has 1 aromatic rings. The summed E-state index contributed by atoms with van der Waals surface area (Å²) in [5.41, 5.74) is -3.82. The molecule has 2 saturated heterocycles. The molecule has 5 aliphatic heterocycles. The van der Waals surface area contributed by atoms with Gasteiger partial charge < -0.3 is 40.3 Å². The van der Waals surface area contributed by atoms with E-state index in [4.69, 9.17) is 4.74 Å². The first-order valence-corrected chi connectivity index (χ1v) is 25.1. The Hall–Kier alpha value is -1.64. The Balaban J connectivity index is 1.18. The van der Waals surface area contributed by atoms with Crippen LogP contribution in [0.25, 0.3) is 0 Å². The Morgan fingerprint density at radius 1 is 0.983 bits per heavy atom. The van der Waals surface area contributed by atoms with E-state index in [-0.39, 0.29) is 78.7 Å². The number of ketones is 1. The summed E-state index contributed by atoms with van der Waals surface area (Å²) in [6.07, 6.45) is 5.87. The predicted molar refractivity (Wildman–Crippen MR) is 230 cm³/mol. The van der Waals surface area contributed by atoms with Gasteiger partial charge in [0.25, 0.3) is 0 Å². The lowest BCUT2D eigenvalue weighted by Crippen LogP contribution is -2.67. The summed E-state index contributed by atoms with van der Waals surface area (Å²) in [4.78, 5) is 31.9. The number of hydrogen-bond acceptors (Lipinski definition) is 11. The number of aliphatic hydroxyl groups is 5. The van der Waals surface area contributed by atoms with Gasteiger partial charge in [0, 0.05) is 41.8 Å². The summed E-state index contributed by atoms with van der Waals surface area (Å²) in [6.45, 7) is 10.9. The van der Waals surface area contributed by atoms with Gasteiger partial charge in [0.15, 0.2) is 5.78 Å². The van der Waals surface area contributed by atoms with Crippen LogP contribution in [0.5, 0.6) is 5.75 Å². The van der Waals surface area contributed by atoms with Crippen molar-refractivity contribution >= 4 is 39.0 Å². The van der Waals surface area contributed by atoms with Gasteiger partial charge in [0.05, 0.1) is 40.3 Å². The van der Waals surface area contributed by atoms with Crippen molar-refractivity contribution in [2.45, 2.75) is 147 Å². The maximum absolute atomic E-state index is 15.1. The minimum absolute atomic E-state index is 0.00445. The van der Waals surface area contributed by atoms with Crippen LogP contribution in [0.1, 0.15) is 111 Å². The smallest absolute Gasteiger partial charge is 0.233 e. The normalized spacial score (nSPS) is 46.1. The quantitative estimate of drug-likeness (QED) is 0.147. The molecule has 8 bridgehead atoms. The van der Waals surface area contributed by atoms with Crippen molar-refractivity contribution in [3.63, 3.8) is 0 Å². The van der Waals surface area contributed by atoms with Crippen LogP contribution in [0, 0.1) is 57.2 Å². The largest absolute Gasteiger partial charge is 0.508 e. The molecule has 15 atom stereocenters. The van der Waals surface area contributed by atoms with Gasteiger partial charge >= 0.3 is 0 Å². The van der Waals surface area contributed by atoms with Gasteiger partial charge in [-0.25, -0.2) is 0 Å². The van der Waals surface area contributed by atoms with Gasteiger partial charge in [-0.05, 0) is 148 Å². The van der Waals surface area contributed by atoms with Gasteiger partial charge in [0.1, 0.15) is 11.9 Å². The molecule has 326 valence electrons. The molecule has 59 heavy (non-hydrogen) atoms. The van der Waals surface area contributed by atoms with E-state index in [0.717, 1.165) is 30.4 Å². The van der Waals surface area contributed by atoms with E-state index in [1.54, 1.807) is 39.8 Å². The molecule has 11 rings (SSSR count). The molecule has 0 aromatic heterocycles. The number of fused-ring (bicyclic) bond motifs is 2. The third-order valence-electron chi connectivity index (χ3n) is 18.6. The van der Waals surface area contributed by atoms with Crippen molar-refractivity contribution in [3.8, 4) is 5.75 Å². The molecular formula is C47H67NO9S2. The number of aryl methyl sites for hydroxylation is 1. The minimum Gasteiger partial charge on any atom is -0.508 e. The van der Waals surface area contributed by atoms with Crippen molar-refractivity contribution in [2.75, 3.05) is 29.6 Å². The fraction of sp³-hybridized carbons (Fsp3) is 0.787. The third kappa shape index (κ3) is 6.02. The summed E-state index contributed by atoms with van der Waals surface area (Å²) < 4.78 is 6.34. The van der Waals surface area contributed by atoms with Gasteiger partial charge in [0.2, 0.25) is 5.91 Å². The Morgan fingerprint density at radius 3 is 2.49 bits per heavy atom. The van der Waals surface area contributed by atoms with Crippen LogP contribution in [0.4, 0.5) is 5.69 Å². The highest BCUT2D eigenvalue weighted by molar-refractivity contribution is 8.76. The molecule has 4 saturated carbocycles. The van der Waals surface area contributed by atoms with E-state index in [1.165, 1.54) is 0 Å². The lowest BCUT2D eigenvalue weighted by Gasteiger charge is -2.65. The highest BCUT2D eigenvalue weighted by Gasteiger charge is 2.74. The number of nitrogens with zero attached hydrogens (tertiary/aromatic N) is 1. The molecule has 5 heterocycles. The van der Waals surface area contributed by atoms with E-state index >= 15 is 4.79 Å². The maximum atomic E-state index is 15.1. The molecule has 15 unspecified atom stereocenters. The summed E-state index contributed by atoms with van der Waals surface area (Å²) in [7, 11) is 3.29. The number of benzene rings is 1. The second-order valence-electron chi connectivity index (χ2n) is 21.2. The van der Waals surface area contributed by atoms with Crippen LogP contribution in [-0.2, 0) is 20.7 Å². The molecule has 3 spiro atoms. The van der Waals surface area contributed by atoms with Crippen LogP contribution in [0.2, 0.25) is 0 Å². The second kappa shape index (κ2) is 14.7. The molecule has 10 aliphatic rings. The van der Waals surface area contributed by atoms with Gasteiger partial charge in [-0.1, -0.05) is 55.7 Å². The van der Waals surface area contributed by atoms with Crippen LogP contribution < -0.4 is 4.90 Å².